The summed E-state index contributed by atoms with van der Waals surface area (Å²) in [6.45, 7) is 10.7. The molecule has 2 N–H and O–H groups in total. The number of anilines is 3. The number of aromatic nitrogens is 6. The zero-order valence-electron chi connectivity index (χ0n) is 29.4. The smallest absolute Gasteiger partial charge is 0.410 e. The van der Waals surface area contributed by atoms with Crippen molar-refractivity contribution in [2.24, 2.45) is 5.41 Å². The van der Waals surface area contributed by atoms with E-state index in [1.807, 2.05) is 97.3 Å². The first-order chi connectivity index (χ1) is 24.6. The summed E-state index contributed by atoms with van der Waals surface area (Å²) < 4.78 is 13.6. The van der Waals surface area contributed by atoms with Gasteiger partial charge >= 0.3 is 6.09 Å². The lowest BCUT2D eigenvalue weighted by Gasteiger charge is -2.53. The van der Waals surface area contributed by atoms with Gasteiger partial charge in [0.05, 0.1) is 29.5 Å². The first-order valence-electron chi connectivity index (χ1n) is 17.8. The SMILES string of the molecule is CC(C)(C)OC(=O)N1CCC2(CC1)CN(c1ncc(N3CCC(n4nc(-c5ccc(Oc6ccccc6)cc5)c5c(N)ncnc54)CC3)cn1)C2. The highest BCUT2D eigenvalue weighted by Crippen LogP contribution is 2.42. The Morgan fingerprint density at radius 3 is 2.18 bits per heavy atom. The van der Waals surface area contributed by atoms with Crippen LogP contribution in [0.4, 0.5) is 22.2 Å². The quantitative estimate of drug-likeness (QED) is 0.214. The van der Waals surface area contributed by atoms with Crippen LogP contribution < -0.4 is 20.3 Å². The molecule has 2 aromatic carbocycles. The lowest BCUT2D eigenvalue weighted by molar-refractivity contribution is 0.00580. The molecule has 0 unspecified atom stereocenters. The molecule has 5 aromatic rings. The Kier molecular flexibility index (Phi) is 8.35. The number of nitrogen functional groups attached to an aromatic ring is 1. The Labute approximate surface area is 297 Å². The minimum atomic E-state index is -0.476. The first kappa shape index (κ1) is 32.7. The van der Waals surface area contributed by atoms with Crippen molar-refractivity contribution < 1.29 is 14.3 Å². The minimum Gasteiger partial charge on any atom is -0.457 e. The van der Waals surface area contributed by atoms with Crippen molar-refractivity contribution >= 4 is 34.6 Å². The summed E-state index contributed by atoms with van der Waals surface area (Å²) >= 11 is 0. The molecule has 3 fully saturated rings. The van der Waals surface area contributed by atoms with Gasteiger partial charge in [-0.05, 0) is 82.9 Å². The van der Waals surface area contributed by atoms with E-state index >= 15 is 0 Å². The van der Waals surface area contributed by atoms with Gasteiger partial charge in [-0.1, -0.05) is 18.2 Å². The summed E-state index contributed by atoms with van der Waals surface area (Å²) in [7, 11) is 0. The van der Waals surface area contributed by atoms with E-state index in [2.05, 4.69) is 19.8 Å². The van der Waals surface area contributed by atoms with Crippen LogP contribution in [0.25, 0.3) is 22.3 Å². The Morgan fingerprint density at radius 2 is 1.51 bits per heavy atom. The third kappa shape index (κ3) is 6.72. The Morgan fingerprint density at radius 1 is 0.843 bits per heavy atom. The van der Waals surface area contributed by atoms with Crippen LogP contribution in [-0.2, 0) is 4.74 Å². The highest BCUT2D eigenvalue weighted by Gasteiger charge is 2.47. The molecule has 1 spiro atoms. The summed E-state index contributed by atoms with van der Waals surface area (Å²) in [5, 5.41) is 5.85. The van der Waals surface area contributed by atoms with Gasteiger partial charge in [-0.25, -0.2) is 29.4 Å². The van der Waals surface area contributed by atoms with Gasteiger partial charge in [-0.2, -0.15) is 5.10 Å². The molecule has 3 aromatic heterocycles. The molecule has 6 heterocycles. The highest BCUT2D eigenvalue weighted by molar-refractivity contribution is 5.98. The number of nitrogens with zero attached hydrogens (tertiary/aromatic N) is 9. The second kappa shape index (κ2) is 13.0. The molecule has 0 aliphatic carbocycles. The number of hydrogen-bond donors (Lipinski definition) is 1. The maximum Gasteiger partial charge on any atom is 0.410 e. The molecular weight excluding hydrogens is 644 g/mol. The van der Waals surface area contributed by atoms with Crippen molar-refractivity contribution in [1.29, 1.82) is 0 Å². The molecule has 3 aliphatic heterocycles. The van der Waals surface area contributed by atoms with Crippen LogP contribution in [0, 0.1) is 5.41 Å². The van der Waals surface area contributed by atoms with Crippen molar-refractivity contribution in [2.75, 3.05) is 54.8 Å². The van der Waals surface area contributed by atoms with Gasteiger partial charge in [-0.15, -0.1) is 0 Å². The normalized spacial score (nSPS) is 17.8. The van der Waals surface area contributed by atoms with Crippen molar-refractivity contribution in [3.63, 3.8) is 0 Å². The summed E-state index contributed by atoms with van der Waals surface area (Å²) in [5.41, 5.74) is 9.62. The fourth-order valence-corrected chi connectivity index (χ4v) is 7.48. The van der Waals surface area contributed by atoms with Gasteiger partial charge in [0.25, 0.3) is 0 Å². The van der Waals surface area contributed by atoms with Crippen LogP contribution in [0.2, 0.25) is 0 Å². The second-order valence-electron chi connectivity index (χ2n) is 15.0. The molecule has 3 saturated heterocycles. The fourth-order valence-electron chi connectivity index (χ4n) is 7.48. The lowest BCUT2D eigenvalue weighted by Crippen LogP contribution is -2.61. The third-order valence-corrected chi connectivity index (χ3v) is 10.2. The molecule has 0 saturated carbocycles. The molecular formula is C38H44N10O3. The van der Waals surface area contributed by atoms with Crippen LogP contribution in [0.15, 0.2) is 73.3 Å². The number of amides is 1. The van der Waals surface area contributed by atoms with E-state index in [0.717, 1.165) is 110 Å². The van der Waals surface area contributed by atoms with Gasteiger partial charge in [0, 0.05) is 50.2 Å². The van der Waals surface area contributed by atoms with Crippen LogP contribution >= 0.6 is 0 Å². The van der Waals surface area contributed by atoms with E-state index in [9.17, 15) is 4.79 Å². The Bertz CT molecular complexity index is 1990. The molecule has 0 bridgehead atoms. The molecule has 1 amide bonds. The number of carbonyl (C=O) groups is 1. The average Bonchev–Trinajstić information content (AvgIpc) is 3.52. The number of para-hydroxylation sites is 1. The topological polar surface area (TPSA) is 141 Å². The summed E-state index contributed by atoms with van der Waals surface area (Å²) in [4.78, 5) is 37.4. The van der Waals surface area contributed by atoms with Gasteiger partial charge < -0.3 is 29.9 Å². The number of carbonyl (C=O) groups excluding carboxylic acids is 1. The van der Waals surface area contributed by atoms with Gasteiger partial charge in [0.1, 0.15) is 34.9 Å². The number of nitrogens with two attached hydrogens (primary N) is 1. The Balaban J connectivity index is 0.886. The number of fused-ring (bicyclic) bond motifs is 1. The second-order valence-corrected chi connectivity index (χ2v) is 15.0. The molecule has 8 rings (SSSR count). The van der Waals surface area contributed by atoms with Crippen LogP contribution in [-0.4, -0.2) is 85.6 Å². The zero-order chi connectivity index (χ0) is 35.2. The number of ether oxygens (including phenoxy) is 2. The molecule has 13 heteroatoms. The molecule has 0 radical (unpaired) electrons. The van der Waals surface area contributed by atoms with Gasteiger partial charge in [-0.3, -0.25) is 0 Å². The summed E-state index contributed by atoms with van der Waals surface area (Å²) in [5.74, 6) is 2.71. The molecule has 51 heavy (non-hydrogen) atoms. The van der Waals surface area contributed by atoms with E-state index in [4.69, 9.17) is 30.3 Å². The highest BCUT2D eigenvalue weighted by atomic mass is 16.6. The van der Waals surface area contributed by atoms with Crippen molar-refractivity contribution in [3.8, 4) is 22.8 Å². The maximum absolute atomic E-state index is 12.5. The molecule has 264 valence electrons. The third-order valence-electron chi connectivity index (χ3n) is 10.2. The number of hydrogen-bond acceptors (Lipinski definition) is 11. The average molecular weight is 689 g/mol. The molecule has 0 atom stereocenters. The number of piperidine rings is 2. The maximum atomic E-state index is 12.5. The summed E-state index contributed by atoms with van der Waals surface area (Å²) in [6.07, 6.45) is 8.90. The van der Waals surface area contributed by atoms with E-state index < -0.39 is 5.60 Å². The molecule has 3 aliphatic rings. The predicted molar refractivity (Wildman–Crippen MR) is 196 cm³/mol. The van der Waals surface area contributed by atoms with E-state index in [1.165, 1.54) is 6.33 Å². The van der Waals surface area contributed by atoms with Gasteiger partial charge in [0.15, 0.2) is 5.65 Å². The zero-order valence-corrected chi connectivity index (χ0v) is 29.4. The van der Waals surface area contributed by atoms with E-state index in [1.54, 1.807) is 0 Å². The number of rotatable bonds is 6. The first-order valence-corrected chi connectivity index (χ1v) is 17.8. The van der Waals surface area contributed by atoms with E-state index in [0.29, 0.717) is 5.82 Å². The van der Waals surface area contributed by atoms with Crippen LogP contribution in [0.5, 0.6) is 11.5 Å². The largest absolute Gasteiger partial charge is 0.457 e. The van der Waals surface area contributed by atoms with Crippen molar-refractivity contribution in [1.82, 2.24) is 34.6 Å². The van der Waals surface area contributed by atoms with Crippen LogP contribution in [0.1, 0.15) is 52.5 Å². The lowest BCUT2D eigenvalue weighted by atomic mass is 9.72. The fraction of sp³-hybridized carbons (Fsp3) is 0.421. The standard InChI is InChI=1S/C38H44N10O3/c1-37(2,3)51-36(49)46-19-15-38(16-20-46)23-47(24-38)35-40-21-28(22-41-35)45-17-13-27(14-18-45)48-34-31(33(39)42-25-43-34)32(44-48)26-9-11-30(12-10-26)50-29-7-5-4-6-8-29/h4-12,21-22,25,27H,13-20,23-24H2,1-3H3,(H2,39,42,43). The molecule has 13 nitrogen and oxygen atoms in total. The summed E-state index contributed by atoms with van der Waals surface area (Å²) in [6, 6.07) is 17.8. The predicted octanol–water partition coefficient (Wildman–Crippen LogP) is 6.34. The Hall–Kier alpha value is -5.46. The van der Waals surface area contributed by atoms with Crippen molar-refractivity contribution in [2.45, 2.75) is 58.1 Å². The van der Waals surface area contributed by atoms with E-state index in [-0.39, 0.29) is 17.6 Å². The monoisotopic (exact) mass is 688 g/mol. The van der Waals surface area contributed by atoms with Gasteiger partial charge in [0.2, 0.25) is 5.95 Å². The van der Waals surface area contributed by atoms with Crippen molar-refractivity contribution in [3.05, 3.63) is 73.3 Å². The minimum absolute atomic E-state index is 0.159. The number of likely N-dealkylation sites (tertiary alicyclic amines) is 1. The van der Waals surface area contributed by atoms with Crippen LogP contribution in [0.3, 0.4) is 0 Å². The number of benzene rings is 2.